The zero-order valence-electron chi connectivity index (χ0n) is 3.21. The Hall–Kier alpha value is 0.699. The molecule has 0 radical (unpaired) electrons. The summed E-state index contributed by atoms with van der Waals surface area (Å²) >= 11 is -5.92. The summed E-state index contributed by atoms with van der Waals surface area (Å²) in [5, 5.41) is 0. The minimum Gasteiger partial charge on any atom is -0.749 e. The van der Waals surface area contributed by atoms with E-state index in [1.165, 1.54) is 0 Å². The van der Waals surface area contributed by atoms with E-state index in [9.17, 15) is 17.5 Å². The van der Waals surface area contributed by atoms with Gasteiger partial charge in [-0.05, 0) is 0 Å². The summed E-state index contributed by atoms with van der Waals surface area (Å²) in [5.74, 6) is 0. The van der Waals surface area contributed by atoms with Gasteiger partial charge in [-0.3, -0.25) is 0 Å². The first-order chi connectivity index (χ1) is 3.13. The number of hydrogen-bond acceptors (Lipinski definition) is 5. The first kappa shape index (κ1) is 11.5. The Bertz CT molecular complexity index is 86.6. The first-order valence-corrected chi connectivity index (χ1v) is 3.00. The van der Waals surface area contributed by atoms with Gasteiger partial charge in [0.05, 0.1) is 22.7 Å². The summed E-state index contributed by atoms with van der Waals surface area (Å²) in [6, 6.07) is 0. The topological polar surface area (TPSA) is 89.5 Å². The molecule has 8 heavy (non-hydrogen) atoms. The second kappa shape index (κ2) is 5.83. The van der Waals surface area contributed by atoms with Crippen molar-refractivity contribution in [1.82, 2.24) is 0 Å². The molecule has 0 aliphatic rings. The summed E-state index contributed by atoms with van der Waals surface area (Å²) in [4.78, 5) is 0. The Kier molecular flexibility index (Phi) is 8.37. The van der Waals surface area contributed by atoms with E-state index in [2.05, 4.69) is 3.63 Å². The number of rotatable bonds is 2. The van der Waals surface area contributed by atoms with Gasteiger partial charge < -0.3 is 9.11 Å². The molecular formula is FeO5S2. The zero-order chi connectivity index (χ0) is 5.86. The predicted octanol–water partition coefficient (Wildman–Crippen LogP) is -1.41. The molecule has 0 unspecified atom stereocenters. The van der Waals surface area contributed by atoms with Crippen molar-refractivity contribution in [3.63, 3.8) is 0 Å². The van der Waals surface area contributed by atoms with Crippen LogP contribution in [0.4, 0.5) is 0 Å². The molecule has 0 aromatic carbocycles. The van der Waals surface area contributed by atoms with Crippen molar-refractivity contribution in [3.05, 3.63) is 0 Å². The normalized spacial score (nSPS) is 16.2. The fourth-order valence-electron chi connectivity index (χ4n) is 0.0454. The van der Waals surface area contributed by atoms with E-state index in [-0.39, 0.29) is 17.1 Å². The quantitative estimate of drug-likeness (QED) is 0.403. The molecule has 0 amide bonds. The summed E-state index contributed by atoms with van der Waals surface area (Å²) in [5.41, 5.74) is 0. The van der Waals surface area contributed by atoms with Gasteiger partial charge in [0.25, 0.3) is 0 Å². The van der Waals surface area contributed by atoms with Crippen LogP contribution in [-0.4, -0.2) is 17.5 Å². The summed E-state index contributed by atoms with van der Waals surface area (Å²) < 4.78 is 39.9. The average Bonchev–Trinajstić information content (AvgIpc) is 1.27. The third kappa shape index (κ3) is 9.85. The van der Waals surface area contributed by atoms with Crippen LogP contribution in [0.15, 0.2) is 0 Å². The summed E-state index contributed by atoms with van der Waals surface area (Å²) in [6.45, 7) is 0. The predicted molar refractivity (Wildman–Crippen MR) is 18.9 cm³/mol. The van der Waals surface area contributed by atoms with Gasteiger partial charge in [-0.25, -0.2) is 12.0 Å². The SMILES string of the molecule is O=S([O-])OS(=O)[O-].[Fe+2]. The van der Waals surface area contributed by atoms with Crippen molar-refractivity contribution < 1.29 is 38.2 Å². The van der Waals surface area contributed by atoms with Crippen molar-refractivity contribution in [2.24, 2.45) is 0 Å². The maximum atomic E-state index is 9.19. The molecule has 0 heterocycles. The largest absolute Gasteiger partial charge is 2.00 e. The molecule has 0 aromatic heterocycles. The molecule has 0 fully saturated rings. The number of hydrogen-bond donors (Lipinski definition) is 0. The van der Waals surface area contributed by atoms with E-state index in [1.54, 1.807) is 0 Å². The van der Waals surface area contributed by atoms with Crippen LogP contribution in [0.2, 0.25) is 0 Å². The van der Waals surface area contributed by atoms with Crippen LogP contribution in [0.5, 0.6) is 0 Å². The van der Waals surface area contributed by atoms with Crippen LogP contribution in [0.25, 0.3) is 0 Å². The van der Waals surface area contributed by atoms with Crippen LogP contribution in [-0.2, 0) is 43.4 Å². The van der Waals surface area contributed by atoms with Gasteiger partial charge in [0.1, 0.15) is 0 Å². The Morgan fingerprint density at radius 2 is 1.38 bits per heavy atom. The Labute approximate surface area is 61.3 Å². The molecule has 0 spiro atoms. The fraction of sp³-hybridized carbons (Fsp3) is 0. The second-order valence-electron chi connectivity index (χ2n) is 0.476. The Balaban J connectivity index is 0. The van der Waals surface area contributed by atoms with Crippen LogP contribution in [0.1, 0.15) is 0 Å². The molecule has 8 heteroatoms. The molecule has 0 atom stereocenters. The molecule has 0 aliphatic heterocycles. The monoisotopic (exact) mass is 200 g/mol. The van der Waals surface area contributed by atoms with Crippen molar-refractivity contribution >= 4 is 22.7 Å². The average molecular weight is 200 g/mol. The summed E-state index contributed by atoms with van der Waals surface area (Å²) in [6.07, 6.45) is 0. The van der Waals surface area contributed by atoms with Crippen LogP contribution in [0, 0.1) is 0 Å². The third-order valence-corrected chi connectivity index (χ3v) is 1.00. The van der Waals surface area contributed by atoms with E-state index in [4.69, 9.17) is 0 Å². The summed E-state index contributed by atoms with van der Waals surface area (Å²) in [7, 11) is 0. The molecule has 0 aliphatic carbocycles. The van der Waals surface area contributed by atoms with E-state index in [0.29, 0.717) is 0 Å². The van der Waals surface area contributed by atoms with E-state index in [1.807, 2.05) is 0 Å². The van der Waals surface area contributed by atoms with E-state index >= 15 is 0 Å². The second-order valence-corrected chi connectivity index (χ2v) is 1.84. The molecular weight excluding hydrogens is 200 g/mol. The third-order valence-electron chi connectivity index (χ3n) is 0.111. The maximum Gasteiger partial charge on any atom is 2.00 e. The molecule has 0 aromatic rings. The molecule has 0 bridgehead atoms. The van der Waals surface area contributed by atoms with Gasteiger partial charge in [0.15, 0.2) is 0 Å². The van der Waals surface area contributed by atoms with Gasteiger partial charge in [0, 0.05) is 0 Å². The van der Waals surface area contributed by atoms with Gasteiger partial charge in [-0.2, -0.15) is 0 Å². The van der Waals surface area contributed by atoms with Gasteiger partial charge in [-0.15, -0.1) is 0 Å². The molecule has 0 saturated heterocycles. The standard InChI is InChI=1S/Fe.H2O5S2/c;1-6(2)5-7(3)4/h;(H,1,2)(H,3,4)/q+2;/p-2. The molecule has 0 saturated carbocycles. The van der Waals surface area contributed by atoms with Crippen LogP contribution >= 0.6 is 0 Å². The van der Waals surface area contributed by atoms with Crippen LogP contribution < -0.4 is 0 Å². The molecule has 0 rings (SSSR count). The van der Waals surface area contributed by atoms with Crippen LogP contribution in [0.3, 0.4) is 0 Å². The zero-order valence-corrected chi connectivity index (χ0v) is 5.95. The van der Waals surface area contributed by atoms with Crippen molar-refractivity contribution in [2.45, 2.75) is 0 Å². The first-order valence-electron chi connectivity index (χ1n) is 1.00. The van der Waals surface area contributed by atoms with Crippen molar-refractivity contribution in [2.75, 3.05) is 0 Å². The minimum atomic E-state index is -2.96. The molecule has 50 valence electrons. The minimum absolute atomic E-state index is 0. The van der Waals surface area contributed by atoms with Crippen molar-refractivity contribution in [3.8, 4) is 0 Å². The molecule has 5 nitrogen and oxygen atoms in total. The van der Waals surface area contributed by atoms with Gasteiger partial charge in [0.2, 0.25) is 0 Å². The Morgan fingerprint density at radius 3 is 1.38 bits per heavy atom. The van der Waals surface area contributed by atoms with E-state index < -0.39 is 22.7 Å². The Morgan fingerprint density at radius 1 is 1.12 bits per heavy atom. The molecule has 0 N–H and O–H groups in total. The maximum absolute atomic E-state index is 9.19. The van der Waals surface area contributed by atoms with Gasteiger partial charge >= 0.3 is 17.1 Å². The van der Waals surface area contributed by atoms with E-state index in [0.717, 1.165) is 0 Å². The van der Waals surface area contributed by atoms with Crippen molar-refractivity contribution in [1.29, 1.82) is 0 Å². The smallest absolute Gasteiger partial charge is 0.749 e. The van der Waals surface area contributed by atoms with Gasteiger partial charge in [-0.1, -0.05) is 0 Å². The fourth-order valence-corrected chi connectivity index (χ4v) is 0.408.